The van der Waals surface area contributed by atoms with Crippen molar-refractivity contribution in [3.8, 4) is 0 Å². The molecular weight excluding hydrogens is 160 g/mol. The Hall–Kier alpha value is 4.30. The number of hydrogen-bond acceptors (Lipinski definition) is 1. The molecule has 0 saturated heterocycles. The van der Waals surface area contributed by atoms with Gasteiger partial charge >= 0.3 is 144 Å². The van der Waals surface area contributed by atoms with Gasteiger partial charge in [0.2, 0.25) is 0 Å². The summed E-state index contributed by atoms with van der Waals surface area (Å²) in [5.41, 5.74) is 0. The Morgan fingerprint density at radius 3 is 1.67 bits per heavy atom. The van der Waals surface area contributed by atoms with Crippen molar-refractivity contribution >= 4 is 32.2 Å². The van der Waals surface area contributed by atoms with Crippen LogP contribution in [-0.2, 0) is 2.84 Å². The van der Waals surface area contributed by atoms with Crippen molar-refractivity contribution in [2.75, 3.05) is 0 Å². The van der Waals surface area contributed by atoms with Crippen LogP contribution in [0.3, 0.4) is 0 Å². The van der Waals surface area contributed by atoms with Gasteiger partial charge < -0.3 is 0 Å². The first-order valence-corrected chi connectivity index (χ1v) is 1.22. The van der Waals surface area contributed by atoms with E-state index in [0.29, 0.717) is 0 Å². The average molecular weight is 168 g/mol. The maximum atomic E-state index is 4.93. The van der Waals surface area contributed by atoms with Gasteiger partial charge in [-0.1, -0.05) is 0 Å². The molecule has 0 heterocycles. The molecular formula is CH8Al2K2O. The van der Waals surface area contributed by atoms with Gasteiger partial charge in [-0.25, -0.2) is 0 Å². The molecule has 0 fully saturated rings. The topological polar surface area (TPSA) is 9.23 Å². The van der Waals surface area contributed by atoms with Crippen LogP contribution in [0.15, 0.2) is 0 Å². The monoisotopic (exact) mass is 168 g/mol. The van der Waals surface area contributed by atoms with Crippen LogP contribution >= 0.6 is 0 Å². The van der Waals surface area contributed by atoms with E-state index >= 15 is 0 Å². The second kappa shape index (κ2) is 16.1. The van der Waals surface area contributed by atoms with Gasteiger partial charge in [0.1, 0.15) is 0 Å². The third-order valence-electron chi connectivity index (χ3n) is 0. The van der Waals surface area contributed by atoms with Crippen LogP contribution in [0.25, 0.3) is 0 Å². The van der Waals surface area contributed by atoms with E-state index in [4.69, 9.17) is 2.84 Å². The molecule has 0 spiro atoms. The van der Waals surface area contributed by atoms with E-state index in [1.807, 2.05) is 0 Å². The second-order valence-electron chi connectivity index (χ2n) is 0. The zero-order valence-electron chi connectivity index (χ0n) is 4.41. The Kier molecular flexibility index (Phi) is 45.0. The molecule has 0 unspecified atom stereocenters. The molecule has 0 aromatic carbocycles. The summed E-state index contributed by atoms with van der Waals surface area (Å²) in [6, 6.07) is 0. The van der Waals surface area contributed by atoms with Gasteiger partial charge in [-0.15, -0.1) is 0 Å². The Morgan fingerprint density at radius 2 is 1.67 bits per heavy atom. The third-order valence-corrected chi connectivity index (χ3v) is 0. The van der Waals surface area contributed by atoms with E-state index in [1.165, 1.54) is 0 Å². The first-order valence-electron chi connectivity index (χ1n) is 0.408. The van der Waals surface area contributed by atoms with Crippen LogP contribution in [0.5, 0.6) is 0 Å². The standard InChI is InChI=1S/CH3.2Al.2K.O.5H/h1H3;;;;;;;;;;/q;;-2;2*+1;;;;;;. The van der Waals surface area contributed by atoms with Gasteiger partial charge in [0.25, 0.3) is 0 Å². The summed E-state index contributed by atoms with van der Waals surface area (Å²) in [5, 5.41) is 0. The summed E-state index contributed by atoms with van der Waals surface area (Å²) in [4.78, 5) is 0. The normalized spacial score (nSPS) is 5.50. The molecule has 0 aliphatic heterocycles. The summed E-state index contributed by atoms with van der Waals surface area (Å²) >= 11 is 0.271. The molecule has 0 N–H and O–H groups in total. The van der Waals surface area contributed by atoms with Crippen LogP contribution in [0.2, 0.25) is 5.79 Å². The molecule has 0 aromatic heterocycles. The minimum atomic E-state index is -0.730. The van der Waals surface area contributed by atoms with Crippen molar-refractivity contribution in [1.82, 2.24) is 0 Å². The van der Waals surface area contributed by atoms with Crippen molar-refractivity contribution in [2.24, 2.45) is 0 Å². The Balaban J connectivity index is -0.0000000450. The van der Waals surface area contributed by atoms with Crippen molar-refractivity contribution in [3.63, 3.8) is 0 Å². The van der Waals surface area contributed by atoms with E-state index < -0.39 is 15.6 Å². The molecule has 0 atom stereocenters. The Labute approximate surface area is 139 Å². The molecule has 1 nitrogen and oxygen atoms in total. The molecule has 0 amide bonds. The van der Waals surface area contributed by atoms with Gasteiger partial charge in [0.15, 0.2) is 0 Å². The van der Waals surface area contributed by atoms with Crippen molar-refractivity contribution < 1.29 is 106 Å². The van der Waals surface area contributed by atoms with Crippen LogP contribution in [0, 0.1) is 0 Å². The molecule has 0 bridgehead atoms. The predicted molar refractivity (Wildman–Crippen MR) is 25.4 cm³/mol. The minimum Gasteiger partial charge on any atom is 1.00 e. The molecule has 6 heavy (non-hydrogen) atoms. The first kappa shape index (κ1) is 16.7. The summed E-state index contributed by atoms with van der Waals surface area (Å²) < 4.78 is 4.93. The first-order chi connectivity index (χ1) is 1.91. The summed E-state index contributed by atoms with van der Waals surface area (Å²) in [5.74, 6) is 2.24. The molecule has 0 aromatic rings. The van der Waals surface area contributed by atoms with Crippen LogP contribution < -0.4 is 103 Å². The van der Waals surface area contributed by atoms with Gasteiger partial charge in [-0.2, -0.15) is 0 Å². The van der Waals surface area contributed by atoms with Gasteiger partial charge in [0.05, 0.1) is 0 Å². The van der Waals surface area contributed by atoms with E-state index in [0.717, 1.165) is 16.6 Å². The van der Waals surface area contributed by atoms with E-state index in [9.17, 15) is 0 Å². The molecule has 0 saturated carbocycles. The second-order valence-corrected chi connectivity index (χ2v) is 0. The van der Waals surface area contributed by atoms with Crippen molar-refractivity contribution in [2.45, 2.75) is 5.79 Å². The van der Waals surface area contributed by atoms with Crippen LogP contribution in [0.1, 0.15) is 0 Å². The average Bonchev–Trinajstić information content (AvgIpc) is 1.37. The van der Waals surface area contributed by atoms with E-state index in [1.54, 1.807) is 0 Å². The summed E-state index contributed by atoms with van der Waals surface area (Å²) in [7, 11) is 0. The maximum absolute atomic E-state index is 4.93. The quantitative estimate of drug-likeness (QED) is 0.353. The fourth-order valence-corrected chi connectivity index (χ4v) is 0. The molecule has 0 aliphatic rings. The number of hydrogen-bond donors (Lipinski definition) is 0. The zero-order valence-corrected chi connectivity index (χ0v) is 12.7. The van der Waals surface area contributed by atoms with Crippen LogP contribution in [0.4, 0.5) is 0 Å². The van der Waals surface area contributed by atoms with Gasteiger partial charge in [0, 0.05) is 0 Å². The SMILES string of the molecule is [CH3][AlH3-2][O][AlH2].[K+].[K+]. The molecule has 5 heteroatoms. The summed E-state index contributed by atoms with van der Waals surface area (Å²) in [6.45, 7) is 0. The predicted octanol–water partition coefficient (Wildman–Crippen LogP) is -7.58. The Morgan fingerprint density at radius 1 is 1.50 bits per heavy atom. The molecule has 0 radical (unpaired) electrons. The van der Waals surface area contributed by atoms with Crippen LogP contribution in [-0.4, -0.2) is 32.2 Å². The molecule has 0 aliphatic carbocycles. The fraction of sp³-hybridized carbons (Fsp3) is 1.00. The number of rotatable bonds is 1. The minimum absolute atomic E-state index is 0. The third kappa shape index (κ3) is 15.7. The van der Waals surface area contributed by atoms with E-state index in [-0.39, 0.29) is 103 Å². The smallest absolute Gasteiger partial charge is 1.00 e. The largest absolute Gasteiger partial charge is 1.00 e. The van der Waals surface area contributed by atoms with Gasteiger partial charge in [-0.3, -0.25) is 0 Å². The Bertz CT molecular complexity index is 13.5. The molecule has 26 valence electrons. The molecule has 0 rings (SSSR count). The van der Waals surface area contributed by atoms with Crippen molar-refractivity contribution in [1.29, 1.82) is 0 Å². The maximum Gasteiger partial charge on any atom is 1.00 e. The zero-order chi connectivity index (χ0) is 3.41. The van der Waals surface area contributed by atoms with Gasteiger partial charge in [-0.05, 0) is 0 Å². The fourth-order valence-electron chi connectivity index (χ4n) is 0. The van der Waals surface area contributed by atoms with E-state index in [2.05, 4.69) is 5.79 Å². The summed E-state index contributed by atoms with van der Waals surface area (Å²) in [6.07, 6.45) is 0. The van der Waals surface area contributed by atoms with Crippen molar-refractivity contribution in [3.05, 3.63) is 0 Å².